The highest BCUT2D eigenvalue weighted by molar-refractivity contribution is 5.37. The first-order valence-electron chi connectivity index (χ1n) is 6.78. The minimum atomic E-state index is 0.339. The van der Waals surface area contributed by atoms with E-state index in [1.807, 2.05) is 6.07 Å². The van der Waals surface area contributed by atoms with Crippen LogP contribution in [0.4, 0.5) is 0 Å². The predicted molar refractivity (Wildman–Crippen MR) is 71.4 cm³/mol. The Kier molecular flexibility index (Phi) is 4.43. The van der Waals surface area contributed by atoms with Gasteiger partial charge in [-0.3, -0.25) is 0 Å². The maximum Gasteiger partial charge on any atom is 0.122 e. The summed E-state index contributed by atoms with van der Waals surface area (Å²) in [5, 5.41) is 0. The molecular weight excluding hydrogens is 210 g/mol. The van der Waals surface area contributed by atoms with E-state index in [1.165, 1.54) is 18.4 Å². The fraction of sp³-hybridized carbons (Fsp3) is 0.600. The summed E-state index contributed by atoms with van der Waals surface area (Å²) >= 11 is 0. The van der Waals surface area contributed by atoms with Crippen molar-refractivity contribution >= 4 is 0 Å². The summed E-state index contributed by atoms with van der Waals surface area (Å²) in [6.45, 7) is 3.05. The highest BCUT2D eigenvalue weighted by Crippen LogP contribution is 2.36. The number of benzene rings is 1. The lowest BCUT2D eigenvalue weighted by Crippen LogP contribution is -2.25. The van der Waals surface area contributed by atoms with Crippen molar-refractivity contribution in [2.45, 2.75) is 51.0 Å². The molecule has 1 heterocycles. The van der Waals surface area contributed by atoms with Gasteiger partial charge < -0.3 is 10.5 Å². The lowest BCUT2D eigenvalue weighted by molar-refractivity contribution is 0.257. The van der Waals surface area contributed by atoms with Crippen molar-refractivity contribution in [2.24, 2.45) is 5.73 Å². The van der Waals surface area contributed by atoms with Crippen LogP contribution in [0.2, 0.25) is 0 Å². The van der Waals surface area contributed by atoms with E-state index < -0.39 is 0 Å². The van der Waals surface area contributed by atoms with Crippen molar-refractivity contribution in [2.75, 3.05) is 6.61 Å². The van der Waals surface area contributed by atoms with E-state index in [-0.39, 0.29) is 0 Å². The van der Waals surface area contributed by atoms with Crippen LogP contribution in [0.25, 0.3) is 0 Å². The average molecular weight is 233 g/mol. The van der Waals surface area contributed by atoms with Gasteiger partial charge in [0.05, 0.1) is 6.61 Å². The van der Waals surface area contributed by atoms with Crippen LogP contribution in [0.15, 0.2) is 24.3 Å². The fourth-order valence-corrected chi connectivity index (χ4v) is 2.61. The van der Waals surface area contributed by atoms with Crippen molar-refractivity contribution < 1.29 is 4.74 Å². The molecule has 0 bridgehead atoms. The topological polar surface area (TPSA) is 35.2 Å². The first-order valence-corrected chi connectivity index (χ1v) is 6.78. The number of ether oxygens (including phenoxy) is 1. The molecule has 0 aliphatic carbocycles. The Hall–Kier alpha value is -1.02. The molecule has 0 radical (unpaired) electrons. The highest BCUT2D eigenvalue weighted by Gasteiger charge is 2.22. The third-order valence-electron chi connectivity index (χ3n) is 3.60. The fourth-order valence-electron chi connectivity index (χ4n) is 2.61. The number of nitrogens with two attached hydrogens (primary N) is 1. The predicted octanol–water partition coefficient (Wildman–Crippen LogP) is 3.46. The van der Waals surface area contributed by atoms with Gasteiger partial charge in [-0.2, -0.15) is 0 Å². The van der Waals surface area contributed by atoms with Crippen LogP contribution < -0.4 is 10.5 Å². The summed E-state index contributed by atoms with van der Waals surface area (Å²) in [5.74, 6) is 1.65. The molecule has 0 amide bonds. The Morgan fingerprint density at radius 2 is 2.24 bits per heavy atom. The van der Waals surface area contributed by atoms with Gasteiger partial charge >= 0.3 is 0 Å². The normalized spacial score (nSPS) is 20.5. The second kappa shape index (κ2) is 6.06. The summed E-state index contributed by atoms with van der Waals surface area (Å²) < 4.78 is 5.68. The van der Waals surface area contributed by atoms with E-state index in [9.17, 15) is 0 Å². The maximum absolute atomic E-state index is 6.21. The van der Waals surface area contributed by atoms with Gasteiger partial charge in [0.25, 0.3) is 0 Å². The Morgan fingerprint density at radius 3 is 3.06 bits per heavy atom. The lowest BCUT2D eigenvalue weighted by atomic mass is 9.86. The standard InChI is InChI=1S/C15H23NO/c1-2-3-6-13(16)11-12-9-10-17-15-8-5-4-7-14(12)15/h4-5,7-8,12-13H,2-3,6,9-11,16H2,1H3. The van der Waals surface area contributed by atoms with Gasteiger partial charge in [-0.25, -0.2) is 0 Å². The summed E-state index contributed by atoms with van der Waals surface area (Å²) in [6, 6.07) is 8.73. The molecule has 1 aliphatic rings. The van der Waals surface area contributed by atoms with E-state index in [4.69, 9.17) is 10.5 Å². The molecule has 0 spiro atoms. The maximum atomic E-state index is 6.21. The molecule has 94 valence electrons. The summed E-state index contributed by atoms with van der Waals surface area (Å²) in [4.78, 5) is 0. The molecule has 17 heavy (non-hydrogen) atoms. The van der Waals surface area contributed by atoms with E-state index >= 15 is 0 Å². The Bertz CT molecular complexity index is 351. The molecule has 2 nitrogen and oxygen atoms in total. The molecular formula is C15H23NO. The Morgan fingerprint density at radius 1 is 1.41 bits per heavy atom. The van der Waals surface area contributed by atoms with Gasteiger partial charge in [0, 0.05) is 6.04 Å². The number of fused-ring (bicyclic) bond motifs is 1. The first kappa shape index (κ1) is 12.4. The molecule has 0 aromatic heterocycles. The minimum Gasteiger partial charge on any atom is -0.493 e. The van der Waals surface area contributed by atoms with Crippen molar-refractivity contribution in [1.82, 2.24) is 0 Å². The van der Waals surface area contributed by atoms with Crippen LogP contribution in [0.3, 0.4) is 0 Å². The minimum absolute atomic E-state index is 0.339. The Balaban J connectivity index is 1.98. The van der Waals surface area contributed by atoms with Gasteiger partial charge in [0.15, 0.2) is 0 Å². The number of hydrogen-bond acceptors (Lipinski definition) is 2. The zero-order valence-electron chi connectivity index (χ0n) is 10.7. The Labute approximate surface area is 104 Å². The zero-order valence-corrected chi connectivity index (χ0v) is 10.7. The lowest BCUT2D eigenvalue weighted by Gasteiger charge is -2.27. The van der Waals surface area contributed by atoms with E-state index in [0.717, 1.165) is 31.6 Å². The van der Waals surface area contributed by atoms with Crippen LogP contribution in [-0.2, 0) is 0 Å². The van der Waals surface area contributed by atoms with Gasteiger partial charge in [-0.1, -0.05) is 38.0 Å². The molecule has 1 aromatic rings. The molecule has 1 aliphatic heterocycles. The van der Waals surface area contributed by atoms with Gasteiger partial charge in [-0.15, -0.1) is 0 Å². The van der Waals surface area contributed by atoms with Gasteiger partial charge in [-0.05, 0) is 36.8 Å². The van der Waals surface area contributed by atoms with Crippen molar-refractivity contribution in [3.8, 4) is 5.75 Å². The molecule has 2 unspecified atom stereocenters. The van der Waals surface area contributed by atoms with E-state index in [1.54, 1.807) is 0 Å². The molecule has 2 atom stereocenters. The van der Waals surface area contributed by atoms with Crippen LogP contribution in [0, 0.1) is 0 Å². The monoisotopic (exact) mass is 233 g/mol. The average Bonchev–Trinajstić information content (AvgIpc) is 2.37. The summed E-state index contributed by atoms with van der Waals surface area (Å²) in [6.07, 6.45) is 5.83. The van der Waals surface area contributed by atoms with Crippen LogP contribution in [0.1, 0.15) is 50.5 Å². The van der Waals surface area contributed by atoms with Crippen molar-refractivity contribution in [3.05, 3.63) is 29.8 Å². The molecule has 2 heteroatoms. The first-order chi connectivity index (χ1) is 8.31. The molecule has 0 saturated heterocycles. The van der Waals surface area contributed by atoms with E-state index in [0.29, 0.717) is 12.0 Å². The number of para-hydroxylation sites is 1. The van der Waals surface area contributed by atoms with Crippen LogP contribution in [0.5, 0.6) is 5.75 Å². The number of hydrogen-bond donors (Lipinski definition) is 1. The highest BCUT2D eigenvalue weighted by atomic mass is 16.5. The van der Waals surface area contributed by atoms with Gasteiger partial charge in [0.2, 0.25) is 0 Å². The van der Waals surface area contributed by atoms with Crippen LogP contribution >= 0.6 is 0 Å². The zero-order chi connectivity index (χ0) is 12.1. The molecule has 0 saturated carbocycles. The van der Waals surface area contributed by atoms with Crippen molar-refractivity contribution in [1.29, 1.82) is 0 Å². The molecule has 2 rings (SSSR count). The van der Waals surface area contributed by atoms with Crippen LogP contribution in [-0.4, -0.2) is 12.6 Å². The third kappa shape index (κ3) is 3.22. The van der Waals surface area contributed by atoms with Gasteiger partial charge in [0.1, 0.15) is 5.75 Å². The number of unbranched alkanes of at least 4 members (excludes halogenated alkanes) is 1. The van der Waals surface area contributed by atoms with Crippen molar-refractivity contribution in [3.63, 3.8) is 0 Å². The third-order valence-corrected chi connectivity index (χ3v) is 3.60. The second-order valence-electron chi connectivity index (χ2n) is 5.01. The molecule has 2 N–H and O–H groups in total. The second-order valence-corrected chi connectivity index (χ2v) is 5.01. The summed E-state index contributed by atoms with van der Waals surface area (Å²) in [7, 11) is 0. The number of rotatable bonds is 5. The molecule has 0 fully saturated rings. The molecule has 1 aromatic carbocycles. The largest absolute Gasteiger partial charge is 0.493 e. The van der Waals surface area contributed by atoms with E-state index in [2.05, 4.69) is 25.1 Å². The summed E-state index contributed by atoms with van der Waals surface area (Å²) in [5.41, 5.74) is 7.56. The smallest absolute Gasteiger partial charge is 0.122 e. The SMILES string of the molecule is CCCCC(N)CC1CCOc2ccccc21. The quantitative estimate of drug-likeness (QED) is 0.845.